The molecule has 0 radical (unpaired) electrons. The molecule has 0 bridgehead atoms. The van der Waals surface area contributed by atoms with E-state index in [1.54, 1.807) is 48.5 Å². The predicted octanol–water partition coefficient (Wildman–Crippen LogP) is 3.10. The van der Waals surface area contributed by atoms with Crippen LogP contribution in [-0.2, 0) is 4.74 Å². The third kappa shape index (κ3) is 3.90. The van der Waals surface area contributed by atoms with Gasteiger partial charge in [-0.15, -0.1) is 0 Å². The number of hydrogen-bond acceptors (Lipinski definition) is 4. The van der Waals surface area contributed by atoms with Crippen LogP contribution in [0.15, 0.2) is 85.2 Å². The standard InChI is InChI=1S/C20H15NO4/c22-18(15-7-3-1-4-8-15)19(16-9-5-2-6-10-16)25-20(23)17-11-13-21(24)14-12-17/h1-14,19H. The van der Waals surface area contributed by atoms with Gasteiger partial charge in [0, 0.05) is 23.3 Å². The highest BCUT2D eigenvalue weighted by molar-refractivity contribution is 6.02. The Morgan fingerprint density at radius 1 is 0.800 bits per heavy atom. The molecule has 5 nitrogen and oxygen atoms in total. The molecular weight excluding hydrogens is 318 g/mol. The molecule has 0 aliphatic heterocycles. The topological polar surface area (TPSA) is 70.3 Å². The SMILES string of the molecule is O=C(OC(C(=O)c1ccccc1)c1ccccc1)c1cc[n+]([O-])cc1. The lowest BCUT2D eigenvalue weighted by Gasteiger charge is -2.17. The highest BCUT2D eigenvalue weighted by atomic mass is 16.5. The van der Waals surface area contributed by atoms with Crippen LogP contribution in [0, 0.1) is 5.21 Å². The van der Waals surface area contributed by atoms with Crippen molar-refractivity contribution in [3.63, 3.8) is 0 Å². The molecule has 0 amide bonds. The number of carbonyl (C=O) groups is 2. The lowest BCUT2D eigenvalue weighted by molar-refractivity contribution is -0.605. The molecule has 0 N–H and O–H groups in total. The highest BCUT2D eigenvalue weighted by Gasteiger charge is 2.26. The van der Waals surface area contributed by atoms with E-state index in [0.29, 0.717) is 15.9 Å². The fourth-order valence-electron chi connectivity index (χ4n) is 2.38. The third-order valence-corrected chi connectivity index (χ3v) is 3.66. The Bertz CT molecular complexity index is 861. The molecule has 0 fully saturated rings. The Morgan fingerprint density at radius 3 is 1.96 bits per heavy atom. The van der Waals surface area contributed by atoms with Crippen LogP contribution in [0.25, 0.3) is 0 Å². The van der Waals surface area contributed by atoms with Gasteiger partial charge in [-0.05, 0) is 0 Å². The molecule has 0 saturated heterocycles. The van der Waals surface area contributed by atoms with E-state index in [0.717, 1.165) is 0 Å². The van der Waals surface area contributed by atoms with Crippen molar-refractivity contribution in [1.82, 2.24) is 0 Å². The molecule has 1 heterocycles. The first-order valence-electron chi connectivity index (χ1n) is 7.69. The van der Waals surface area contributed by atoms with E-state index in [-0.39, 0.29) is 11.3 Å². The van der Waals surface area contributed by atoms with Crippen molar-refractivity contribution in [1.29, 1.82) is 0 Å². The summed E-state index contributed by atoms with van der Waals surface area (Å²) in [4.78, 5) is 25.2. The molecule has 25 heavy (non-hydrogen) atoms. The van der Waals surface area contributed by atoms with Crippen LogP contribution in [0.2, 0.25) is 0 Å². The van der Waals surface area contributed by atoms with Crippen LogP contribution in [-0.4, -0.2) is 11.8 Å². The van der Waals surface area contributed by atoms with Crippen molar-refractivity contribution in [2.75, 3.05) is 0 Å². The van der Waals surface area contributed by atoms with Gasteiger partial charge in [-0.3, -0.25) is 4.79 Å². The van der Waals surface area contributed by atoms with E-state index in [1.165, 1.54) is 24.5 Å². The first-order valence-corrected chi connectivity index (χ1v) is 7.69. The molecule has 3 rings (SSSR count). The first kappa shape index (κ1) is 16.4. The Morgan fingerprint density at radius 2 is 1.36 bits per heavy atom. The number of Topliss-reactive ketones (excluding diaryl/α,β-unsaturated/α-hetero) is 1. The molecular formula is C20H15NO4. The summed E-state index contributed by atoms with van der Waals surface area (Å²) in [6.07, 6.45) is 1.34. The molecule has 5 heteroatoms. The number of nitrogens with zero attached hydrogens (tertiary/aromatic N) is 1. The summed E-state index contributed by atoms with van der Waals surface area (Å²) >= 11 is 0. The average Bonchev–Trinajstić information content (AvgIpc) is 2.67. The second-order valence-electron chi connectivity index (χ2n) is 5.37. The summed E-state index contributed by atoms with van der Waals surface area (Å²) < 4.78 is 6.05. The van der Waals surface area contributed by atoms with Crippen molar-refractivity contribution in [2.24, 2.45) is 0 Å². The van der Waals surface area contributed by atoms with E-state index in [2.05, 4.69) is 0 Å². The van der Waals surface area contributed by atoms with Gasteiger partial charge in [0.25, 0.3) is 0 Å². The van der Waals surface area contributed by atoms with Gasteiger partial charge in [-0.25, -0.2) is 4.79 Å². The fraction of sp³-hybridized carbons (Fsp3) is 0.0500. The van der Waals surface area contributed by atoms with Gasteiger partial charge in [0.1, 0.15) is 0 Å². The monoisotopic (exact) mass is 333 g/mol. The predicted molar refractivity (Wildman–Crippen MR) is 90.8 cm³/mol. The minimum Gasteiger partial charge on any atom is -0.619 e. The molecule has 0 aliphatic rings. The molecule has 0 spiro atoms. The molecule has 0 saturated carbocycles. The summed E-state index contributed by atoms with van der Waals surface area (Å²) in [6, 6.07) is 20.2. The Labute approximate surface area is 144 Å². The maximum atomic E-state index is 12.8. The second-order valence-corrected chi connectivity index (χ2v) is 5.37. The molecule has 2 aromatic carbocycles. The number of hydrogen-bond donors (Lipinski definition) is 0. The number of aromatic nitrogens is 1. The summed E-state index contributed by atoms with van der Waals surface area (Å²) in [5, 5.41) is 11.1. The fourth-order valence-corrected chi connectivity index (χ4v) is 2.38. The van der Waals surface area contributed by atoms with Gasteiger partial charge in [0.15, 0.2) is 18.5 Å². The minimum absolute atomic E-state index is 0.203. The highest BCUT2D eigenvalue weighted by Crippen LogP contribution is 2.23. The van der Waals surface area contributed by atoms with Gasteiger partial charge in [0.2, 0.25) is 5.78 Å². The maximum Gasteiger partial charge on any atom is 0.339 e. The van der Waals surface area contributed by atoms with Crippen LogP contribution in [0.1, 0.15) is 32.4 Å². The second kappa shape index (κ2) is 7.40. The van der Waals surface area contributed by atoms with Gasteiger partial charge in [-0.2, -0.15) is 4.73 Å². The Kier molecular flexibility index (Phi) is 4.85. The van der Waals surface area contributed by atoms with E-state index in [1.807, 2.05) is 12.1 Å². The average molecular weight is 333 g/mol. The van der Waals surface area contributed by atoms with E-state index >= 15 is 0 Å². The number of carbonyl (C=O) groups excluding carboxylic acids is 2. The van der Waals surface area contributed by atoms with Gasteiger partial charge in [-0.1, -0.05) is 60.7 Å². The number of rotatable bonds is 5. The first-order chi connectivity index (χ1) is 12.1. The van der Waals surface area contributed by atoms with E-state index in [4.69, 9.17) is 4.74 Å². The molecule has 1 atom stereocenters. The van der Waals surface area contributed by atoms with Crippen molar-refractivity contribution in [3.8, 4) is 0 Å². The third-order valence-electron chi connectivity index (χ3n) is 3.66. The van der Waals surface area contributed by atoms with Gasteiger partial charge in [0.05, 0.1) is 5.56 Å². The zero-order chi connectivity index (χ0) is 17.6. The van der Waals surface area contributed by atoms with E-state index in [9.17, 15) is 14.8 Å². The largest absolute Gasteiger partial charge is 0.619 e. The van der Waals surface area contributed by atoms with Gasteiger partial charge < -0.3 is 9.94 Å². The van der Waals surface area contributed by atoms with Crippen LogP contribution < -0.4 is 4.73 Å². The number of pyridine rings is 1. The molecule has 1 aromatic heterocycles. The molecule has 3 aromatic rings. The summed E-state index contributed by atoms with van der Waals surface area (Å²) in [7, 11) is 0. The molecule has 1 unspecified atom stereocenters. The van der Waals surface area contributed by atoms with Crippen molar-refractivity contribution >= 4 is 11.8 Å². The summed E-state index contributed by atoms with van der Waals surface area (Å²) in [6.45, 7) is 0. The van der Waals surface area contributed by atoms with Crippen LogP contribution in [0.4, 0.5) is 0 Å². The smallest absolute Gasteiger partial charge is 0.339 e. The number of ether oxygens (including phenoxy) is 1. The quantitative estimate of drug-likeness (QED) is 0.311. The Balaban J connectivity index is 1.90. The van der Waals surface area contributed by atoms with Gasteiger partial charge >= 0.3 is 5.97 Å². The molecule has 0 aliphatic carbocycles. The normalized spacial score (nSPS) is 11.5. The lowest BCUT2D eigenvalue weighted by Crippen LogP contribution is -2.25. The van der Waals surface area contributed by atoms with Crippen molar-refractivity contribution in [3.05, 3.63) is 107 Å². The summed E-state index contributed by atoms with van der Waals surface area (Å²) in [5.74, 6) is -0.978. The minimum atomic E-state index is -1.06. The van der Waals surface area contributed by atoms with Crippen LogP contribution in [0.3, 0.4) is 0 Å². The number of esters is 1. The number of ketones is 1. The van der Waals surface area contributed by atoms with Crippen LogP contribution in [0.5, 0.6) is 0 Å². The van der Waals surface area contributed by atoms with Crippen molar-refractivity contribution in [2.45, 2.75) is 6.10 Å². The molecule has 124 valence electrons. The number of benzene rings is 2. The Hall–Kier alpha value is -3.47. The lowest BCUT2D eigenvalue weighted by atomic mass is 10.00. The zero-order valence-electron chi connectivity index (χ0n) is 13.2. The maximum absolute atomic E-state index is 12.8. The summed E-state index contributed by atoms with van der Waals surface area (Å²) in [5.41, 5.74) is 1.24. The van der Waals surface area contributed by atoms with E-state index < -0.39 is 12.1 Å². The van der Waals surface area contributed by atoms with Crippen LogP contribution >= 0.6 is 0 Å². The zero-order valence-corrected chi connectivity index (χ0v) is 13.2. The van der Waals surface area contributed by atoms with Crippen molar-refractivity contribution < 1.29 is 19.1 Å².